The second-order valence-electron chi connectivity index (χ2n) is 3.28. The largest absolute Gasteiger partial charge is 0.445 e. The molecular weight excluding hydrogens is 269 g/mol. The van der Waals surface area contributed by atoms with Crippen LogP contribution in [0.3, 0.4) is 0 Å². The zero-order chi connectivity index (χ0) is 13.2. The number of aliphatic hydroxyl groups is 1. The van der Waals surface area contributed by atoms with E-state index in [1.165, 1.54) is 12.1 Å². The fourth-order valence-electron chi connectivity index (χ4n) is 1.13. The molecule has 1 N–H and O–H groups in total. The van der Waals surface area contributed by atoms with Crippen LogP contribution in [0.5, 0.6) is 10.9 Å². The molecule has 0 aliphatic heterocycles. The lowest BCUT2D eigenvalue weighted by molar-refractivity contribution is -0.138. The number of nitrogens with zero attached hydrogens (tertiary/aromatic N) is 2. The van der Waals surface area contributed by atoms with Crippen LogP contribution in [0.15, 0.2) is 24.3 Å². The predicted molar refractivity (Wildman–Crippen MR) is 57.3 cm³/mol. The average molecular weight is 276 g/mol. The molecule has 4 nitrogen and oxygen atoms in total. The molecule has 0 fully saturated rings. The minimum absolute atomic E-state index is 0.114. The Balaban J connectivity index is 2.11. The van der Waals surface area contributed by atoms with Crippen molar-refractivity contribution in [2.45, 2.75) is 12.8 Å². The van der Waals surface area contributed by atoms with Crippen LogP contribution in [-0.2, 0) is 12.8 Å². The molecule has 0 saturated heterocycles. The topological polar surface area (TPSA) is 55.2 Å². The van der Waals surface area contributed by atoms with Gasteiger partial charge in [-0.1, -0.05) is 28.6 Å². The van der Waals surface area contributed by atoms with Crippen LogP contribution in [0.25, 0.3) is 0 Å². The Morgan fingerprint density at radius 1 is 1.17 bits per heavy atom. The first-order chi connectivity index (χ1) is 8.49. The summed E-state index contributed by atoms with van der Waals surface area (Å²) in [5.74, 6) is 0.331. The molecule has 0 aliphatic carbocycles. The number of aromatic nitrogens is 2. The summed E-state index contributed by atoms with van der Waals surface area (Å²) in [6.45, 7) is -0.114. The lowest BCUT2D eigenvalue weighted by Gasteiger charge is -2.01. The van der Waals surface area contributed by atoms with E-state index in [1.807, 2.05) is 0 Å². The Labute approximate surface area is 104 Å². The van der Waals surface area contributed by atoms with Crippen LogP contribution in [0.1, 0.15) is 10.6 Å². The maximum Gasteiger partial charge on any atom is 0.445 e. The second kappa shape index (κ2) is 4.91. The van der Waals surface area contributed by atoms with E-state index >= 15 is 0 Å². The summed E-state index contributed by atoms with van der Waals surface area (Å²) in [5.41, 5.74) is 0.676. The predicted octanol–water partition coefficient (Wildman–Crippen LogP) is 2.84. The van der Waals surface area contributed by atoms with Crippen molar-refractivity contribution in [3.05, 3.63) is 34.8 Å². The highest BCUT2D eigenvalue weighted by molar-refractivity contribution is 7.13. The molecule has 18 heavy (non-hydrogen) atoms. The third kappa shape index (κ3) is 2.96. The summed E-state index contributed by atoms with van der Waals surface area (Å²) >= 11 is 0.326. The minimum atomic E-state index is -4.51. The van der Waals surface area contributed by atoms with Gasteiger partial charge in [-0.05, 0) is 17.7 Å². The number of ether oxygens (including phenoxy) is 1. The van der Waals surface area contributed by atoms with Crippen molar-refractivity contribution in [3.63, 3.8) is 0 Å². The molecule has 0 bridgehead atoms. The molecule has 1 heterocycles. The maximum absolute atomic E-state index is 12.3. The molecule has 0 unspecified atom stereocenters. The van der Waals surface area contributed by atoms with Gasteiger partial charge in [0.2, 0.25) is 5.01 Å². The number of hydrogen-bond donors (Lipinski definition) is 1. The highest BCUT2D eigenvalue weighted by Crippen LogP contribution is 2.35. The molecule has 0 radical (unpaired) electrons. The number of aliphatic hydroxyl groups excluding tert-OH is 1. The van der Waals surface area contributed by atoms with Crippen LogP contribution in [0, 0.1) is 0 Å². The number of hydrogen-bond acceptors (Lipinski definition) is 5. The van der Waals surface area contributed by atoms with Gasteiger partial charge in [0, 0.05) is 0 Å². The van der Waals surface area contributed by atoms with Gasteiger partial charge in [0.05, 0.1) is 6.61 Å². The summed E-state index contributed by atoms with van der Waals surface area (Å²) in [7, 11) is 0. The lowest BCUT2D eigenvalue weighted by atomic mass is 10.2. The smallest absolute Gasteiger partial charge is 0.430 e. The molecule has 2 rings (SSSR count). The first-order valence-electron chi connectivity index (χ1n) is 4.77. The molecule has 0 aliphatic rings. The molecule has 2 aromatic rings. The summed E-state index contributed by atoms with van der Waals surface area (Å²) < 4.78 is 41.9. The first-order valence-corrected chi connectivity index (χ1v) is 5.59. The number of rotatable bonds is 3. The molecule has 96 valence electrons. The van der Waals surface area contributed by atoms with Gasteiger partial charge in [0.1, 0.15) is 5.75 Å². The van der Waals surface area contributed by atoms with Gasteiger partial charge in [0.25, 0.3) is 5.19 Å². The Hall–Kier alpha value is -1.67. The lowest BCUT2D eigenvalue weighted by Crippen LogP contribution is -2.03. The van der Waals surface area contributed by atoms with Gasteiger partial charge in [0.15, 0.2) is 0 Å². The van der Waals surface area contributed by atoms with Gasteiger partial charge >= 0.3 is 6.18 Å². The van der Waals surface area contributed by atoms with E-state index in [1.54, 1.807) is 12.1 Å². The van der Waals surface area contributed by atoms with E-state index in [0.29, 0.717) is 22.6 Å². The standard InChI is InChI=1S/C10H7F3N2O2S/c11-10(12,13)8-14-15-9(18-8)17-7-3-1-6(5-16)2-4-7/h1-4,16H,5H2. The van der Waals surface area contributed by atoms with Gasteiger partial charge in [-0.15, -0.1) is 5.10 Å². The summed E-state index contributed by atoms with van der Waals surface area (Å²) in [4.78, 5) is 0. The molecule has 1 aromatic heterocycles. The van der Waals surface area contributed by atoms with E-state index in [0.717, 1.165) is 0 Å². The van der Waals surface area contributed by atoms with Crippen molar-refractivity contribution in [2.24, 2.45) is 0 Å². The van der Waals surface area contributed by atoms with Crippen LogP contribution < -0.4 is 4.74 Å². The van der Waals surface area contributed by atoms with E-state index in [4.69, 9.17) is 9.84 Å². The van der Waals surface area contributed by atoms with Crippen molar-refractivity contribution in [1.29, 1.82) is 0 Å². The summed E-state index contributed by atoms with van der Waals surface area (Å²) in [5, 5.41) is 13.9. The van der Waals surface area contributed by atoms with E-state index in [9.17, 15) is 13.2 Å². The van der Waals surface area contributed by atoms with E-state index in [2.05, 4.69) is 10.2 Å². The van der Waals surface area contributed by atoms with Crippen LogP contribution in [0.4, 0.5) is 13.2 Å². The summed E-state index contributed by atoms with van der Waals surface area (Å²) in [6, 6.07) is 6.25. The van der Waals surface area contributed by atoms with Crippen molar-refractivity contribution in [2.75, 3.05) is 0 Å². The summed E-state index contributed by atoms with van der Waals surface area (Å²) in [6.07, 6.45) is -4.51. The fourth-order valence-corrected chi connectivity index (χ4v) is 1.71. The zero-order valence-electron chi connectivity index (χ0n) is 8.81. The monoisotopic (exact) mass is 276 g/mol. The molecule has 0 spiro atoms. The molecule has 0 atom stereocenters. The molecule has 8 heteroatoms. The van der Waals surface area contributed by atoms with Crippen LogP contribution in [-0.4, -0.2) is 15.3 Å². The number of alkyl halides is 3. The Kier molecular flexibility index (Phi) is 3.48. The normalized spacial score (nSPS) is 11.6. The number of halogens is 3. The number of benzene rings is 1. The third-order valence-corrected chi connectivity index (χ3v) is 2.81. The molecule has 1 aromatic carbocycles. The quantitative estimate of drug-likeness (QED) is 0.936. The fraction of sp³-hybridized carbons (Fsp3) is 0.200. The second-order valence-corrected chi connectivity index (χ2v) is 4.22. The Morgan fingerprint density at radius 3 is 2.33 bits per heavy atom. The van der Waals surface area contributed by atoms with Gasteiger partial charge in [-0.3, -0.25) is 0 Å². The van der Waals surface area contributed by atoms with E-state index < -0.39 is 11.2 Å². The third-order valence-electron chi connectivity index (χ3n) is 1.96. The Bertz CT molecular complexity index is 525. The van der Waals surface area contributed by atoms with Gasteiger partial charge in [-0.2, -0.15) is 13.2 Å². The van der Waals surface area contributed by atoms with Crippen LogP contribution in [0.2, 0.25) is 0 Å². The highest BCUT2D eigenvalue weighted by Gasteiger charge is 2.36. The molecule has 0 amide bonds. The zero-order valence-corrected chi connectivity index (χ0v) is 9.63. The van der Waals surface area contributed by atoms with Crippen molar-refractivity contribution in [1.82, 2.24) is 10.2 Å². The molecular formula is C10H7F3N2O2S. The first kappa shape index (κ1) is 12.8. The minimum Gasteiger partial charge on any atom is -0.430 e. The SMILES string of the molecule is OCc1ccc(Oc2nnc(C(F)(F)F)s2)cc1. The maximum atomic E-state index is 12.3. The highest BCUT2D eigenvalue weighted by atomic mass is 32.1. The van der Waals surface area contributed by atoms with Crippen molar-refractivity contribution >= 4 is 11.3 Å². The van der Waals surface area contributed by atoms with E-state index in [-0.39, 0.29) is 11.8 Å². The van der Waals surface area contributed by atoms with Crippen molar-refractivity contribution in [3.8, 4) is 10.9 Å². The van der Waals surface area contributed by atoms with Gasteiger partial charge < -0.3 is 9.84 Å². The average Bonchev–Trinajstić information content (AvgIpc) is 2.78. The van der Waals surface area contributed by atoms with Crippen LogP contribution >= 0.6 is 11.3 Å². The Morgan fingerprint density at radius 2 is 1.83 bits per heavy atom. The van der Waals surface area contributed by atoms with Crippen molar-refractivity contribution < 1.29 is 23.0 Å². The molecule has 0 saturated carbocycles. The van der Waals surface area contributed by atoms with Gasteiger partial charge in [-0.25, -0.2) is 0 Å².